The lowest BCUT2D eigenvalue weighted by Gasteiger charge is -2.17. The van der Waals surface area contributed by atoms with Gasteiger partial charge in [-0.3, -0.25) is 4.79 Å². The van der Waals surface area contributed by atoms with Crippen LogP contribution in [0.25, 0.3) is 0 Å². The van der Waals surface area contributed by atoms with Gasteiger partial charge in [-0.1, -0.05) is 0 Å². The van der Waals surface area contributed by atoms with E-state index in [9.17, 15) is 4.79 Å². The number of Topliss-reactive ketones (excluding diaryl/α,β-unsaturated/α-hetero) is 1. The van der Waals surface area contributed by atoms with Crippen LogP contribution in [0.3, 0.4) is 0 Å². The second-order valence-electron chi connectivity index (χ2n) is 4.32. The molecule has 1 atom stereocenters. The van der Waals surface area contributed by atoms with Crippen LogP contribution in [0.15, 0.2) is 0 Å². The Balaban J connectivity index is 1.64. The summed E-state index contributed by atoms with van der Waals surface area (Å²) in [7, 11) is 2.19. The van der Waals surface area contributed by atoms with Gasteiger partial charge in [-0.15, -0.1) is 0 Å². The molecule has 0 amide bonds. The summed E-state index contributed by atoms with van der Waals surface area (Å²) in [6, 6.07) is 1.30. The minimum atomic E-state index is 0.374. The summed E-state index contributed by atoms with van der Waals surface area (Å²) in [5.41, 5.74) is 0. The molecule has 0 spiro atoms. The van der Waals surface area contributed by atoms with Crippen molar-refractivity contribution in [3.8, 4) is 0 Å². The van der Waals surface area contributed by atoms with Crippen molar-refractivity contribution < 1.29 is 4.79 Å². The normalized spacial score (nSPS) is 28.8. The molecule has 0 aromatic rings. The fourth-order valence-corrected chi connectivity index (χ4v) is 1.94. The minimum Gasteiger partial charge on any atom is -0.307 e. The molecule has 1 saturated carbocycles. The molecule has 1 N–H and O–H groups in total. The van der Waals surface area contributed by atoms with Crippen LogP contribution in [-0.2, 0) is 4.79 Å². The van der Waals surface area contributed by atoms with Gasteiger partial charge in [0.05, 0.1) is 6.54 Å². The highest BCUT2D eigenvalue weighted by atomic mass is 16.1. The van der Waals surface area contributed by atoms with Crippen molar-refractivity contribution in [3.05, 3.63) is 0 Å². The van der Waals surface area contributed by atoms with Crippen LogP contribution < -0.4 is 5.32 Å². The number of rotatable bonds is 4. The summed E-state index contributed by atoms with van der Waals surface area (Å²) in [6.45, 7) is 1.73. The molecular weight excluding hydrogens is 164 g/mol. The molecular formula is C10H18N2O. The zero-order valence-electron chi connectivity index (χ0n) is 8.25. The van der Waals surface area contributed by atoms with E-state index >= 15 is 0 Å². The Hall–Kier alpha value is -0.410. The summed E-state index contributed by atoms with van der Waals surface area (Å²) in [5, 5.41) is 3.24. The van der Waals surface area contributed by atoms with Gasteiger partial charge in [-0.25, -0.2) is 0 Å². The van der Waals surface area contributed by atoms with Gasteiger partial charge in [0.1, 0.15) is 5.78 Å². The highest BCUT2D eigenvalue weighted by Gasteiger charge is 2.27. The number of nitrogens with zero attached hydrogens (tertiary/aromatic N) is 1. The van der Waals surface area contributed by atoms with Gasteiger partial charge in [0.2, 0.25) is 0 Å². The molecule has 1 heterocycles. The van der Waals surface area contributed by atoms with E-state index in [2.05, 4.69) is 17.3 Å². The molecule has 1 unspecified atom stereocenters. The first kappa shape index (κ1) is 9.16. The van der Waals surface area contributed by atoms with Gasteiger partial charge >= 0.3 is 0 Å². The molecule has 0 aromatic heterocycles. The third-order valence-electron chi connectivity index (χ3n) is 3.06. The van der Waals surface area contributed by atoms with Crippen molar-refractivity contribution in [1.29, 1.82) is 0 Å². The number of carbonyl (C=O) groups is 1. The molecule has 0 bridgehead atoms. The first-order valence-electron chi connectivity index (χ1n) is 5.21. The van der Waals surface area contributed by atoms with Crippen LogP contribution in [0.1, 0.15) is 25.7 Å². The van der Waals surface area contributed by atoms with E-state index in [-0.39, 0.29) is 0 Å². The monoisotopic (exact) mass is 182 g/mol. The summed E-state index contributed by atoms with van der Waals surface area (Å²) in [4.78, 5) is 13.4. The average molecular weight is 182 g/mol. The van der Waals surface area contributed by atoms with Crippen molar-refractivity contribution in [2.45, 2.75) is 37.8 Å². The molecule has 1 aliphatic carbocycles. The van der Waals surface area contributed by atoms with E-state index in [1.807, 2.05) is 0 Å². The van der Waals surface area contributed by atoms with Crippen LogP contribution in [0.5, 0.6) is 0 Å². The Bertz CT molecular complexity index is 201. The Kier molecular flexibility index (Phi) is 2.65. The number of ketones is 1. The Morgan fingerprint density at radius 2 is 2.31 bits per heavy atom. The fraction of sp³-hybridized carbons (Fsp3) is 0.900. The maximum Gasteiger partial charge on any atom is 0.148 e. The summed E-state index contributed by atoms with van der Waals surface area (Å²) in [5.74, 6) is 0.374. The highest BCUT2D eigenvalue weighted by molar-refractivity contribution is 5.83. The predicted molar refractivity (Wildman–Crippen MR) is 51.7 cm³/mol. The molecule has 0 aromatic carbocycles. The summed E-state index contributed by atoms with van der Waals surface area (Å²) in [6.07, 6.45) is 4.61. The topological polar surface area (TPSA) is 32.3 Å². The summed E-state index contributed by atoms with van der Waals surface area (Å²) < 4.78 is 0. The van der Waals surface area contributed by atoms with Crippen LogP contribution >= 0.6 is 0 Å². The fourth-order valence-electron chi connectivity index (χ4n) is 1.94. The molecule has 1 saturated heterocycles. The van der Waals surface area contributed by atoms with Crippen LogP contribution in [0, 0.1) is 0 Å². The van der Waals surface area contributed by atoms with E-state index in [0.717, 1.165) is 25.4 Å². The van der Waals surface area contributed by atoms with Crippen molar-refractivity contribution >= 4 is 5.78 Å². The van der Waals surface area contributed by atoms with E-state index < -0.39 is 0 Å². The van der Waals surface area contributed by atoms with Crippen molar-refractivity contribution in [2.24, 2.45) is 0 Å². The molecule has 74 valence electrons. The molecule has 3 heteroatoms. The number of hydrogen-bond donors (Lipinski definition) is 1. The van der Waals surface area contributed by atoms with Crippen LogP contribution in [-0.4, -0.2) is 42.9 Å². The smallest absolute Gasteiger partial charge is 0.148 e. The lowest BCUT2D eigenvalue weighted by molar-refractivity contribution is -0.116. The molecule has 2 rings (SSSR count). The van der Waals surface area contributed by atoms with Crippen LogP contribution in [0.2, 0.25) is 0 Å². The molecule has 3 nitrogen and oxygen atoms in total. The van der Waals surface area contributed by atoms with E-state index in [1.54, 1.807) is 0 Å². The van der Waals surface area contributed by atoms with Gasteiger partial charge in [-0.2, -0.15) is 0 Å². The van der Waals surface area contributed by atoms with E-state index in [0.29, 0.717) is 18.4 Å². The third kappa shape index (κ3) is 2.51. The molecule has 1 aliphatic heterocycles. The van der Waals surface area contributed by atoms with Crippen molar-refractivity contribution in [1.82, 2.24) is 10.2 Å². The lowest BCUT2D eigenvalue weighted by atomic mass is 10.1. The van der Waals surface area contributed by atoms with Crippen molar-refractivity contribution in [3.63, 3.8) is 0 Å². The van der Waals surface area contributed by atoms with Gasteiger partial charge < -0.3 is 10.2 Å². The maximum absolute atomic E-state index is 11.0. The third-order valence-corrected chi connectivity index (χ3v) is 3.06. The van der Waals surface area contributed by atoms with Crippen LogP contribution in [0.4, 0.5) is 0 Å². The molecule has 13 heavy (non-hydrogen) atoms. The Morgan fingerprint density at radius 3 is 2.85 bits per heavy atom. The van der Waals surface area contributed by atoms with Gasteiger partial charge in [-0.05, 0) is 32.9 Å². The number of hydrogen-bond acceptors (Lipinski definition) is 3. The van der Waals surface area contributed by atoms with Crippen molar-refractivity contribution in [2.75, 3.05) is 20.1 Å². The van der Waals surface area contributed by atoms with Gasteiger partial charge in [0.15, 0.2) is 0 Å². The predicted octanol–water partition coefficient (Wildman–Crippen LogP) is 0.402. The quantitative estimate of drug-likeness (QED) is 0.683. The number of carbonyl (C=O) groups excluding carboxylic acids is 1. The highest BCUT2D eigenvalue weighted by Crippen LogP contribution is 2.25. The Labute approximate surface area is 79.5 Å². The standard InChI is InChI=1S/C10H18N2O/c1-12(9-2-3-9)5-4-8-6-10(13)7-11-8/h8-9,11H,2-7H2,1H3. The minimum absolute atomic E-state index is 0.374. The first-order valence-corrected chi connectivity index (χ1v) is 5.21. The molecule has 2 aliphatic rings. The zero-order chi connectivity index (χ0) is 9.26. The number of nitrogens with one attached hydrogen (secondary N) is 1. The second-order valence-corrected chi connectivity index (χ2v) is 4.32. The second kappa shape index (κ2) is 3.76. The largest absolute Gasteiger partial charge is 0.307 e. The lowest BCUT2D eigenvalue weighted by Crippen LogP contribution is -2.29. The van der Waals surface area contributed by atoms with Gasteiger partial charge in [0.25, 0.3) is 0 Å². The first-order chi connectivity index (χ1) is 6.25. The molecule has 2 fully saturated rings. The Morgan fingerprint density at radius 1 is 1.54 bits per heavy atom. The zero-order valence-corrected chi connectivity index (χ0v) is 8.25. The SMILES string of the molecule is CN(CCC1CC(=O)CN1)C1CC1. The maximum atomic E-state index is 11.0. The van der Waals surface area contributed by atoms with E-state index in [4.69, 9.17) is 0 Å². The van der Waals surface area contributed by atoms with Gasteiger partial charge in [0, 0.05) is 18.5 Å². The average Bonchev–Trinajstić information content (AvgIpc) is 2.87. The summed E-state index contributed by atoms with van der Waals surface area (Å²) >= 11 is 0. The molecule has 0 radical (unpaired) electrons. The van der Waals surface area contributed by atoms with E-state index in [1.165, 1.54) is 12.8 Å².